The Labute approximate surface area is 134 Å². The van der Waals surface area contributed by atoms with E-state index < -0.39 is 17.8 Å². The zero-order valence-corrected chi connectivity index (χ0v) is 12.2. The molecule has 9 heteroatoms. The van der Waals surface area contributed by atoms with Crippen molar-refractivity contribution in [3.63, 3.8) is 0 Å². The smallest absolute Gasteiger partial charge is 0.324 e. The average Bonchev–Trinajstić information content (AvgIpc) is 3.18. The van der Waals surface area contributed by atoms with Crippen molar-refractivity contribution in [2.75, 3.05) is 5.32 Å². The molecule has 3 rings (SSSR count). The Balaban J connectivity index is 1.67. The SMILES string of the molecule is O=C(Cn1ccc(C(F)(F)F)n1)Nc1cccc(-c2ccn[nH]2)c1. The number of hydrogen-bond donors (Lipinski definition) is 2. The fraction of sp³-hybridized carbons (Fsp3) is 0.133. The second-order valence-corrected chi connectivity index (χ2v) is 5.00. The minimum atomic E-state index is -4.53. The van der Waals surface area contributed by atoms with Crippen LogP contribution in [-0.4, -0.2) is 25.9 Å². The Morgan fingerprint density at radius 2 is 2.08 bits per heavy atom. The molecular weight excluding hydrogens is 323 g/mol. The van der Waals surface area contributed by atoms with E-state index in [-0.39, 0.29) is 6.54 Å². The van der Waals surface area contributed by atoms with E-state index in [2.05, 4.69) is 20.6 Å². The highest BCUT2D eigenvalue weighted by atomic mass is 19.4. The molecule has 0 bridgehead atoms. The molecule has 0 fully saturated rings. The molecule has 0 radical (unpaired) electrons. The molecule has 24 heavy (non-hydrogen) atoms. The van der Waals surface area contributed by atoms with E-state index in [1.54, 1.807) is 30.5 Å². The third-order valence-corrected chi connectivity index (χ3v) is 3.19. The summed E-state index contributed by atoms with van der Waals surface area (Å²) in [5, 5.41) is 12.6. The molecule has 0 aliphatic heterocycles. The molecule has 2 N–H and O–H groups in total. The normalized spacial score (nSPS) is 11.5. The van der Waals surface area contributed by atoms with Gasteiger partial charge in [0.15, 0.2) is 5.69 Å². The summed E-state index contributed by atoms with van der Waals surface area (Å²) in [4.78, 5) is 12.0. The highest BCUT2D eigenvalue weighted by Gasteiger charge is 2.33. The van der Waals surface area contributed by atoms with Gasteiger partial charge in [0.1, 0.15) is 6.54 Å². The van der Waals surface area contributed by atoms with Crippen molar-refractivity contribution >= 4 is 11.6 Å². The van der Waals surface area contributed by atoms with E-state index in [1.165, 1.54) is 0 Å². The Morgan fingerprint density at radius 1 is 1.25 bits per heavy atom. The molecule has 0 saturated carbocycles. The van der Waals surface area contributed by atoms with E-state index in [1.807, 2.05) is 6.07 Å². The molecule has 124 valence electrons. The summed E-state index contributed by atoms with van der Waals surface area (Å²) in [7, 11) is 0. The zero-order chi connectivity index (χ0) is 17.2. The van der Waals surface area contributed by atoms with E-state index in [4.69, 9.17) is 0 Å². The number of aromatic nitrogens is 4. The number of carbonyl (C=O) groups is 1. The second-order valence-electron chi connectivity index (χ2n) is 5.00. The number of aromatic amines is 1. The highest BCUT2D eigenvalue weighted by molar-refractivity contribution is 5.91. The molecule has 0 unspecified atom stereocenters. The van der Waals surface area contributed by atoms with E-state index in [0.29, 0.717) is 5.69 Å². The zero-order valence-electron chi connectivity index (χ0n) is 12.2. The maximum Gasteiger partial charge on any atom is 0.435 e. The van der Waals surface area contributed by atoms with E-state index in [0.717, 1.165) is 28.2 Å². The van der Waals surface area contributed by atoms with Crippen molar-refractivity contribution in [3.8, 4) is 11.3 Å². The first-order valence-electron chi connectivity index (χ1n) is 6.92. The molecule has 1 aromatic carbocycles. The van der Waals surface area contributed by atoms with Gasteiger partial charge < -0.3 is 5.32 Å². The van der Waals surface area contributed by atoms with Gasteiger partial charge in [-0.2, -0.15) is 23.4 Å². The van der Waals surface area contributed by atoms with Gasteiger partial charge in [0.05, 0.1) is 5.69 Å². The number of benzene rings is 1. The molecule has 0 aliphatic carbocycles. The summed E-state index contributed by atoms with van der Waals surface area (Å²) < 4.78 is 38.4. The first kappa shape index (κ1) is 15.8. The van der Waals surface area contributed by atoms with Gasteiger partial charge in [-0.15, -0.1) is 0 Å². The summed E-state index contributed by atoms with van der Waals surface area (Å²) in [6, 6.07) is 9.61. The maximum absolute atomic E-state index is 12.5. The Bertz CT molecular complexity index is 839. The number of carbonyl (C=O) groups excluding carboxylic acids is 1. The summed E-state index contributed by atoms with van der Waals surface area (Å²) in [6.45, 7) is -0.315. The van der Waals surface area contributed by atoms with Crippen LogP contribution in [0.5, 0.6) is 0 Å². The van der Waals surface area contributed by atoms with E-state index in [9.17, 15) is 18.0 Å². The van der Waals surface area contributed by atoms with Crippen LogP contribution in [0.15, 0.2) is 48.8 Å². The van der Waals surface area contributed by atoms with Crippen molar-refractivity contribution < 1.29 is 18.0 Å². The molecule has 2 heterocycles. The largest absolute Gasteiger partial charge is 0.435 e. The summed E-state index contributed by atoms with van der Waals surface area (Å²) in [6.07, 6.45) is -1.81. The van der Waals surface area contributed by atoms with Crippen LogP contribution in [0.1, 0.15) is 5.69 Å². The maximum atomic E-state index is 12.5. The highest BCUT2D eigenvalue weighted by Crippen LogP contribution is 2.27. The predicted octanol–water partition coefficient (Wildman–Crippen LogP) is 2.93. The molecule has 0 saturated heterocycles. The predicted molar refractivity (Wildman–Crippen MR) is 79.9 cm³/mol. The van der Waals surface area contributed by atoms with Gasteiger partial charge in [0.25, 0.3) is 0 Å². The fourth-order valence-electron chi connectivity index (χ4n) is 2.13. The van der Waals surface area contributed by atoms with Crippen LogP contribution in [0.3, 0.4) is 0 Å². The molecule has 0 atom stereocenters. The van der Waals surface area contributed by atoms with Crippen molar-refractivity contribution in [1.29, 1.82) is 0 Å². The van der Waals surface area contributed by atoms with Crippen molar-refractivity contribution in [3.05, 3.63) is 54.5 Å². The number of amides is 1. The summed E-state index contributed by atoms with van der Waals surface area (Å²) >= 11 is 0. The van der Waals surface area contributed by atoms with Crippen molar-refractivity contribution in [2.24, 2.45) is 0 Å². The van der Waals surface area contributed by atoms with Gasteiger partial charge in [-0.1, -0.05) is 12.1 Å². The lowest BCUT2D eigenvalue weighted by molar-refractivity contribution is -0.141. The molecule has 6 nitrogen and oxygen atoms in total. The molecule has 2 aromatic heterocycles. The topological polar surface area (TPSA) is 75.6 Å². The van der Waals surface area contributed by atoms with Crippen LogP contribution in [0.4, 0.5) is 18.9 Å². The lowest BCUT2D eigenvalue weighted by Gasteiger charge is -2.07. The Kier molecular flexibility index (Phi) is 4.07. The van der Waals surface area contributed by atoms with Gasteiger partial charge in [0, 0.05) is 23.6 Å². The minimum absolute atomic E-state index is 0.315. The quantitative estimate of drug-likeness (QED) is 0.770. The van der Waals surface area contributed by atoms with Gasteiger partial charge in [0.2, 0.25) is 5.91 Å². The lowest BCUT2D eigenvalue weighted by atomic mass is 10.1. The van der Waals surface area contributed by atoms with Crippen molar-refractivity contribution in [2.45, 2.75) is 12.7 Å². The first-order chi connectivity index (χ1) is 11.4. The molecule has 0 aliphatic rings. The van der Waals surface area contributed by atoms with Crippen LogP contribution in [0, 0.1) is 0 Å². The second kappa shape index (κ2) is 6.19. The van der Waals surface area contributed by atoms with Crippen LogP contribution in [-0.2, 0) is 17.5 Å². The minimum Gasteiger partial charge on any atom is -0.324 e. The third kappa shape index (κ3) is 3.62. The fourth-order valence-corrected chi connectivity index (χ4v) is 2.13. The molecule has 1 amide bonds. The van der Waals surface area contributed by atoms with Crippen LogP contribution < -0.4 is 5.32 Å². The number of alkyl halides is 3. The van der Waals surface area contributed by atoms with Gasteiger partial charge in [-0.25, -0.2) is 0 Å². The van der Waals surface area contributed by atoms with Crippen molar-refractivity contribution in [1.82, 2.24) is 20.0 Å². The number of rotatable bonds is 4. The summed E-state index contributed by atoms with van der Waals surface area (Å²) in [5.41, 5.74) is 1.10. The number of nitrogens with one attached hydrogen (secondary N) is 2. The Morgan fingerprint density at radius 3 is 2.75 bits per heavy atom. The first-order valence-corrected chi connectivity index (χ1v) is 6.92. The molecule has 3 aromatic rings. The van der Waals surface area contributed by atoms with Gasteiger partial charge >= 0.3 is 6.18 Å². The van der Waals surface area contributed by atoms with Crippen LogP contribution in [0.25, 0.3) is 11.3 Å². The number of hydrogen-bond acceptors (Lipinski definition) is 3. The third-order valence-electron chi connectivity index (χ3n) is 3.19. The Hall–Kier alpha value is -3.10. The van der Waals surface area contributed by atoms with Gasteiger partial charge in [-0.3, -0.25) is 14.6 Å². The molecule has 0 spiro atoms. The van der Waals surface area contributed by atoms with E-state index >= 15 is 0 Å². The number of H-pyrrole nitrogens is 1. The number of nitrogens with zero attached hydrogens (tertiary/aromatic N) is 3. The molecular formula is C15H12F3N5O. The monoisotopic (exact) mass is 335 g/mol. The van der Waals surface area contributed by atoms with Crippen LogP contribution >= 0.6 is 0 Å². The number of anilines is 1. The lowest BCUT2D eigenvalue weighted by Crippen LogP contribution is -2.19. The van der Waals surface area contributed by atoms with Crippen LogP contribution in [0.2, 0.25) is 0 Å². The summed E-state index contributed by atoms with van der Waals surface area (Å²) in [5.74, 6) is -0.478. The average molecular weight is 335 g/mol. The van der Waals surface area contributed by atoms with Gasteiger partial charge in [-0.05, 0) is 24.3 Å². The standard InChI is InChI=1S/C15H12F3N5O/c16-15(17,18)13-5-7-23(22-13)9-14(24)20-11-3-1-2-10(8-11)12-4-6-19-21-12/h1-8H,9H2,(H,19,21)(H,20,24). The number of halogens is 3.